The zero-order chi connectivity index (χ0) is 13.2. The Hall–Kier alpha value is -2.62. The van der Waals surface area contributed by atoms with Crippen molar-refractivity contribution in [2.24, 2.45) is 10.7 Å². The summed E-state index contributed by atoms with van der Waals surface area (Å²) in [4.78, 5) is 15.1. The molecule has 0 aromatic heterocycles. The van der Waals surface area contributed by atoms with Crippen molar-refractivity contribution in [1.82, 2.24) is 0 Å². The Balaban J connectivity index is 1.86. The first-order chi connectivity index (χ1) is 9.24. The van der Waals surface area contributed by atoms with Crippen LogP contribution in [0.5, 0.6) is 0 Å². The second kappa shape index (κ2) is 4.57. The first-order valence-corrected chi connectivity index (χ1v) is 5.94. The maximum Gasteiger partial charge on any atom is 0.296 e. The Morgan fingerprint density at radius 1 is 0.947 bits per heavy atom. The Labute approximate surface area is 110 Å². The zero-order valence-electron chi connectivity index (χ0n) is 10.1. The average Bonchev–Trinajstić information content (AvgIpc) is 2.79. The van der Waals surface area contributed by atoms with Crippen molar-refractivity contribution < 1.29 is 9.53 Å². The number of carbonyl (C=O) groups is 1. The number of carbonyl (C=O) groups excluding carboxylic acids is 1. The number of amides is 1. The Morgan fingerprint density at radius 3 is 2.16 bits per heavy atom. The van der Waals surface area contributed by atoms with Crippen molar-refractivity contribution in [2.45, 2.75) is 6.10 Å². The van der Waals surface area contributed by atoms with Crippen molar-refractivity contribution in [1.29, 1.82) is 0 Å². The van der Waals surface area contributed by atoms with Crippen LogP contribution in [0.4, 0.5) is 0 Å². The number of hydrogen-bond acceptors (Lipinski definition) is 3. The molecule has 0 aliphatic carbocycles. The summed E-state index contributed by atoms with van der Waals surface area (Å²) in [6.07, 6.45) is -0.704. The molecule has 4 heteroatoms. The van der Waals surface area contributed by atoms with Gasteiger partial charge in [0, 0.05) is 5.56 Å². The van der Waals surface area contributed by atoms with Gasteiger partial charge in [-0.25, -0.2) is 0 Å². The third kappa shape index (κ3) is 2.20. The molecule has 1 aliphatic rings. The number of benzene rings is 2. The second-order valence-corrected chi connectivity index (χ2v) is 4.27. The van der Waals surface area contributed by atoms with Crippen LogP contribution < -0.4 is 5.73 Å². The normalized spacial score (nSPS) is 18.0. The maximum absolute atomic E-state index is 11.5. The molecule has 2 N–H and O–H groups in total. The minimum atomic E-state index is -0.704. The van der Waals surface area contributed by atoms with Gasteiger partial charge in [0.2, 0.25) is 6.10 Å². The van der Waals surface area contributed by atoms with Crippen LogP contribution in [0.3, 0.4) is 0 Å². The van der Waals surface area contributed by atoms with Gasteiger partial charge in [0.15, 0.2) is 0 Å². The number of nitrogens with zero attached hydrogens (tertiary/aromatic N) is 1. The van der Waals surface area contributed by atoms with Gasteiger partial charge < -0.3 is 10.5 Å². The lowest BCUT2D eigenvalue weighted by molar-refractivity contribution is -0.122. The largest absolute Gasteiger partial charge is 0.447 e. The van der Waals surface area contributed by atoms with E-state index in [1.165, 1.54) is 0 Å². The predicted octanol–water partition coefficient (Wildman–Crippen LogP) is 2.27. The number of nitrogens with two attached hydrogens (primary N) is 1. The summed E-state index contributed by atoms with van der Waals surface area (Å²) in [5.41, 5.74) is 8.35. The summed E-state index contributed by atoms with van der Waals surface area (Å²) in [5, 5.41) is 0. The Morgan fingerprint density at radius 2 is 1.58 bits per heavy atom. The van der Waals surface area contributed by atoms with Gasteiger partial charge in [0.1, 0.15) is 0 Å². The lowest BCUT2D eigenvalue weighted by Gasteiger charge is -2.09. The summed E-state index contributed by atoms with van der Waals surface area (Å²) in [7, 11) is 0. The summed E-state index contributed by atoms with van der Waals surface area (Å²) >= 11 is 0. The summed E-state index contributed by atoms with van der Waals surface area (Å²) in [5.74, 6) is -0.357. The molecular formula is C15H12N2O2. The van der Waals surface area contributed by atoms with E-state index in [1.54, 1.807) is 0 Å². The molecule has 0 saturated heterocycles. The fraction of sp³-hybridized carbons (Fsp3) is 0.0667. The fourth-order valence-corrected chi connectivity index (χ4v) is 2.06. The Bertz CT molecular complexity index is 633. The van der Waals surface area contributed by atoms with Crippen LogP contribution in [0.2, 0.25) is 0 Å². The van der Waals surface area contributed by atoms with Crippen molar-refractivity contribution in [3.8, 4) is 11.1 Å². The van der Waals surface area contributed by atoms with E-state index < -0.39 is 6.10 Å². The molecule has 1 aliphatic heterocycles. The van der Waals surface area contributed by atoms with Crippen LogP contribution in [-0.4, -0.2) is 11.9 Å². The molecule has 0 saturated carbocycles. The summed E-state index contributed by atoms with van der Waals surface area (Å²) in [6, 6.07) is 17.6. The SMILES string of the molecule is NC1=NC(=O)C(c2ccc(-c3ccccc3)cc2)O1. The topological polar surface area (TPSA) is 64.7 Å². The van der Waals surface area contributed by atoms with Crippen LogP contribution >= 0.6 is 0 Å². The van der Waals surface area contributed by atoms with Gasteiger partial charge in [-0.15, -0.1) is 0 Å². The molecule has 0 spiro atoms. The third-order valence-electron chi connectivity index (χ3n) is 3.00. The summed E-state index contributed by atoms with van der Waals surface area (Å²) < 4.78 is 5.18. The lowest BCUT2D eigenvalue weighted by atomic mass is 10.0. The Kier molecular flexibility index (Phi) is 2.76. The number of rotatable bonds is 2. The van der Waals surface area contributed by atoms with E-state index in [2.05, 4.69) is 4.99 Å². The van der Waals surface area contributed by atoms with Gasteiger partial charge in [-0.2, -0.15) is 4.99 Å². The highest BCUT2D eigenvalue weighted by Crippen LogP contribution is 2.26. The highest BCUT2D eigenvalue weighted by atomic mass is 16.5. The van der Waals surface area contributed by atoms with E-state index in [9.17, 15) is 4.79 Å². The van der Waals surface area contributed by atoms with E-state index in [4.69, 9.17) is 10.5 Å². The fourth-order valence-electron chi connectivity index (χ4n) is 2.06. The van der Waals surface area contributed by atoms with Crippen molar-refractivity contribution in [3.63, 3.8) is 0 Å². The van der Waals surface area contributed by atoms with Gasteiger partial charge in [0.25, 0.3) is 11.9 Å². The number of ether oxygens (including phenoxy) is 1. The average molecular weight is 252 g/mol. The molecule has 3 rings (SSSR count). The molecule has 0 fully saturated rings. The van der Waals surface area contributed by atoms with Crippen LogP contribution in [0.25, 0.3) is 11.1 Å². The second-order valence-electron chi connectivity index (χ2n) is 4.27. The summed E-state index contributed by atoms with van der Waals surface area (Å²) in [6.45, 7) is 0. The molecule has 0 radical (unpaired) electrons. The van der Waals surface area contributed by atoms with E-state index in [-0.39, 0.29) is 11.9 Å². The first-order valence-electron chi connectivity index (χ1n) is 5.94. The van der Waals surface area contributed by atoms with Crippen molar-refractivity contribution in [3.05, 3.63) is 60.2 Å². The molecule has 0 bridgehead atoms. The molecule has 94 valence electrons. The van der Waals surface area contributed by atoms with Crippen LogP contribution in [0.1, 0.15) is 11.7 Å². The van der Waals surface area contributed by atoms with Crippen LogP contribution in [-0.2, 0) is 9.53 Å². The molecule has 1 amide bonds. The van der Waals surface area contributed by atoms with E-state index in [0.717, 1.165) is 16.7 Å². The monoisotopic (exact) mass is 252 g/mol. The van der Waals surface area contributed by atoms with Gasteiger partial charge in [-0.3, -0.25) is 4.79 Å². The standard InChI is InChI=1S/C15H12N2O2/c16-15-17-14(18)13(19-15)12-8-6-11(7-9-12)10-4-2-1-3-5-10/h1-9,13H,(H2,16,17,18). The van der Waals surface area contributed by atoms with Gasteiger partial charge in [0.05, 0.1) is 0 Å². The van der Waals surface area contributed by atoms with E-state index in [0.29, 0.717) is 0 Å². The van der Waals surface area contributed by atoms with Crippen LogP contribution in [0.15, 0.2) is 59.6 Å². The van der Waals surface area contributed by atoms with Gasteiger partial charge in [-0.05, 0) is 11.1 Å². The highest BCUT2D eigenvalue weighted by Gasteiger charge is 2.29. The van der Waals surface area contributed by atoms with E-state index in [1.807, 2.05) is 54.6 Å². The molecule has 2 aromatic rings. The molecular weight excluding hydrogens is 240 g/mol. The molecule has 19 heavy (non-hydrogen) atoms. The maximum atomic E-state index is 11.5. The smallest absolute Gasteiger partial charge is 0.296 e. The lowest BCUT2D eigenvalue weighted by Crippen LogP contribution is -2.13. The minimum absolute atomic E-state index is 0.0675. The molecule has 2 aromatic carbocycles. The van der Waals surface area contributed by atoms with Gasteiger partial charge >= 0.3 is 0 Å². The molecule has 1 atom stereocenters. The van der Waals surface area contributed by atoms with Gasteiger partial charge in [-0.1, -0.05) is 54.6 Å². The van der Waals surface area contributed by atoms with E-state index >= 15 is 0 Å². The predicted molar refractivity (Wildman–Crippen MR) is 72.3 cm³/mol. The number of hydrogen-bond donors (Lipinski definition) is 1. The molecule has 4 nitrogen and oxygen atoms in total. The first kappa shape index (κ1) is 11.5. The molecule has 1 heterocycles. The minimum Gasteiger partial charge on any atom is -0.447 e. The number of amidine groups is 1. The number of aliphatic imine (C=N–C) groups is 1. The van der Waals surface area contributed by atoms with Crippen molar-refractivity contribution >= 4 is 11.9 Å². The quantitative estimate of drug-likeness (QED) is 0.891. The molecule has 1 unspecified atom stereocenters. The van der Waals surface area contributed by atoms with Crippen LogP contribution in [0, 0.1) is 0 Å². The highest BCUT2D eigenvalue weighted by molar-refractivity contribution is 5.98. The van der Waals surface area contributed by atoms with Crippen molar-refractivity contribution in [2.75, 3.05) is 0 Å². The third-order valence-corrected chi connectivity index (χ3v) is 3.00. The zero-order valence-corrected chi connectivity index (χ0v) is 10.1.